The average Bonchev–Trinajstić information content (AvgIpc) is 1.77. The van der Waals surface area contributed by atoms with E-state index in [1.54, 1.807) is 133 Å². The fraction of sp³-hybridized carbons (Fsp3) is 0.268. The van der Waals surface area contributed by atoms with Gasteiger partial charge < -0.3 is 21.7 Å². The van der Waals surface area contributed by atoms with Crippen molar-refractivity contribution in [3.8, 4) is 0 Å². The lowest BCUT2D eigenvalue weighted by Crippen LogP contribution is -2.30. The van der Waals surface area contributed by atoms with E-state index < -0.39 is 31.1 Å². The van der Waals surface area contributed by atoms with Crippen LogP contribution in [0.25, 0.3) is 0 Å². The molecule has 0 radical (unpaired) electrons. The Bertz CT molecular complexity index is 4950. The van der Waals surface area contributed by atoms with Crippen LogP contribution in [0.3, 0.4) is 0 Å². The van der Waals surface area contributed by atoms with Crippen molar-refractivity contribution in [2.45, 2.75) is 142 Å². The molecular weight excluding hydrogens is 1630 g/mol. The number of rotatable bonds is 36. The first-order valence-electron chi connectivity index (χ1n) is 36.4. The molecule has 4 atom stereocenters. The van der Waals surface area contributed by atoms with Gasteiger partial charge in [0.25, 0.3) is 17.1 Å². The van der Waals surface area contributed by atoms with E-state index in [1.165, 1.54) is 82.5 Å². The number of anilines is 1. The number of aryl methyl sites for hydroxylation is 4. The fourth-order valence-electron chi connectivity index (χ4n) is 11.1. The van der Waals surface area contributed by atoms with Crippen molar-refractivity contribution in [1.82, 2.24) is 35.9 Å². The Labute approximate surface area is 691 Å². The van der Waals surface area contributed by atoms with Crippen LogP contribution >= 0.6 is 62.3 Å². The molecule has 115 heavy (non-hydrogen) atoms. The average molecular weight is 1720 g/mol. The van der Waals surface area contributed by atoms with Crippen molar-refractivity contribution in [3.63, 3.8) is 0 Å². The van der Waals surface area contributed by atoms with Gasteiger partial charge in [-0.3, -0.25) is 68.4 Å². The Kier molecular flexibility index (Phi) is 36.6. The van der Waals surface area contributed by atoms with Crippen molar-refractivity contribution in [2.75, 3.05) is 4.72 Å². The van der Waals surface area contributed by atoms with E-state index >= 15 is 0 Å². The molecule has 11 aromatic rings. The summed E-state index contributed by atoms with van der Waals surface area (Å²) in [5.41, 5.74) is 15.6. The van der Waals surface area contributed by atoms with Crippen LogP contribution in [-0.4, -0.2) is 82.7 Å². The lowest BCUT2D eigenvalue weighted by molar-refractivity contribution is -0.385. The van der Waals surface area contributed by atoms with E-state index in [0.29, 0.717) is 42.4 Å². The zero-order valence-corrected chi connectivity index (χ0v) is 69.0. The van der Waals surface area contributed by atoms with Crippen LogP contribution in [0, 0.1) is 30.3 Å². The first-order chi connectivity index (χ1) is 54.7. The highest BCUT2D eigenvalue weighted by Gasteiger charge is 2.25. The fourth-order valence-corrected chi connectivity index (χ4v) is 15.3. The smallest absolute Gasteiger partial charge is 0.347 e. The summed E-state index contributed by atoms with van der Waals surface area (Å²) in [5.74, 6) is -0.960. The maximum atomic E-state index is 12.6. The van der Waals surface area contributed by atoms with Crippen molar-refractivity contribution in [3.05, 3.63) is 322 Å². The molecule has 33 heteroatoms. The number of nitro benzene ring substituents is 3. The summed E-state index contributed by atoms with van der Waals surface area (Å²) in [4.78, 5) is 124. The van der Waals surface area contributed by atoms with Gasteiger partial charge in [-0.1, -0.05) is 167 Å². The molecule has 0 saturated heterocycles. The standard InChI is InChI=1S/C23H25N3O5S2.2C23H23N3O4S.C13H15N3O2S.BrH/c1-2-18-15-32-23(24-18)20(14-16-8-10-19(11-9-16)26-33(29,30)31)25-22(28)13-12-21(27)17-6-4-3-5-7-17;2*1-2-18-15-31-23(24-18)20(14-16-8-10-19(11-9-16)26(29)30)25-22(28)13-12-21(27)17-6-4-3-5-7-17;1-2-10-8-19-13(15-10)12(14)7-9-3-5-11(6-4-9)16(17)18;/h3-11,15,20,26H,2,12-14H2,1H3,(H,25,28)(H,29,30,31);2*3-11,15,20H,2,12-14H2,1H3,(H,25,28);3-6,8,12H,2,7,14H2,1H3;1H/t3*20-;12-;/m0000./s1. The number of nitrogens with two attached hydrogens (primary N) is 1. The van der Waals surface area contributed by atoms with Crippen LogP contribution < -0.4 is 26.4 Å². The minimum atomic E-state index is -4.35. The number of ketones is 3. The Morgan fingerprint density at radius 3 is 0.896 bits per heavy atom. The number of Topliss-reactive ketones (excluding diaryl/α,β-unsaturated/α-hetero) is 3. The summed E-state index contributed by atoms with van der Waals surface area (Å²) < 4.78 is 32.8. The van der Waals surface area contributed by atoms with Crippen LogP contribution in [0.4, 0.5) is 22.7 Å². The summed E-state index contributed by atoms with van der Waals surface area (Å²) in [6.07, 6.45) is 5.81. The number of halogens is 1. The molecule has 0 fully saturated rings. The number of nitrogens with one attached hydrogen (secondary N) is 4. The minimum Gasteiger partial charge on any atom is -0.347 e. The summed E-state index contributed by atoms with van der Waals surface area (Å²) in [6.45, 7) is 8.08. The zero-order valence-electron chi connectivity index (χ0n) is 63.2. The van der Waals surface area contributed by atoms with E-state index in [4.69, 9.17) is 10.3 Å². The topological polar surface area (TPSA) is 412 Å². The van der Waals surface area contributed by atoms with Crippen LogP contribution in [0.5, 0.6) is 0 Å². The number of carbonyl (C=O) groups is 6. The van der Waals surface area contributed by atoms with Crippen LogP contribution in [0.15, 0.2) is 210 Å². The number of hydrogen-bond acceptors (Lipinski definition) is 23. The third kappa shape index (κ3) is 30.6. The summed E-state index contributed by atoms with van der Waals surface area (Å²) >= 11 is 5.97. The van der Waals surface area contributed by atoms with E-state index in [0.717, 1.165) is 90.7 Å². The highest BCUT2D eigenvalue weighted by atomic mass is 79.9. The van der Waals surface area contributed by atoms with Crippen molar-refractivity contribution < 1.29 is 56.5 Å². The van der Waals surface area contributed by atoms with Gasteiger partial charge >= 0.3 is 10.3 Å². The van der Waals surface area contributed by atoms with Crippen LogP contribution in [-0.2, 0) is 76.1 Å². The predicted molar refractivity (Wildman–Crippen MR) is 452 cm³/mol. The molecule has 27 nitrogen and oxygen atoms in total. The van der Waals surface area contributed by atoms with Gasteiger partial charge in [-0.15, -0.1) is 62.3 Å². The second-order valence-electron chi connectivity index (χ2n) is 25.8. The first kappa shape index (κ1) is 91.0. The number of nitrogens with zero attached hydrogens (tertiary/aromatic N) is 7. The number of non-ortho nitro benzene ring substituents is 3. The molecule has 0 aliphatic carbocycles. The minimum absolute atomic E-state index is 0. The van der Waals surface area contributed by atoms with Crippen molar-refractivity contribution in [1.29, 1.82) is 0 Å². The third-order valence-electron chi connectivity index (χ3n) is 17.4. The molecule has 602 valence electrons. The van der Waals surface area contributed by atoms with Gasteiger partial charge in [0.2, 0.25) is 17.7 Å². The second kappa shape index (κ2) is 46.3. The number of carbonyl (C=O) groups excluding carboxylic acids is 6. The third-order valence-corrected chi connectivity index (χ3v) is 21.9. The molecule has 4 aromatic heterocycles. The van der Waals surface area contributed by atoms with Crippen LogP contribution in [0.2, 0.25) is 0 Å². The van der Waals surface area contributed by atoms with Gasteiger partial charge in [-0.2, -0.15) is 8.42 Å². The van der Waals surface area contributed by atoms with Gasteiger partial charge in [0.1, 0.15) is 20.0 Å². The summed E-state index contributed by atoms with van der Waals surface area (Å²) in [7, 11) is -4.35. The lowest BCUT2D eigenvalue weighted by Gasteiger charge is -2.17. The number of benzene rings is 7. The predicted octanol–water partition coefficient (Wildman–Crippen LogP) is 16.8. The van der Waals surface area contributed by atoms with Gasteiger partial charge in [0.15, 0.2) is 17.3 Å². The Morgan fingerprint density at radius 1 is 0.391 bits per heavy atom. The molecule has 3 amide bonds. The maximum absolute atomic E-state index is 12.6. The highest BCUT2D eigenvalue weighted by molar-refractivity contribution is 8.93. The normalized spacial score (nSPS) is 11.8. The molecule has 4 heterocycles. The molecule has 0 unspecified atom stereocenters. The molecule has 11 rings (SSSR count). The summed E-state index contributed by atoms with van der Waals surface area (Å²) in [6, 6.07) is 50.9. The SMILES string of the molecule is Br.CCc1csc([C@@H](N)Cc2ccc([N+](=O)[O-])cc2)n1.CCc1csc([C@H](Cc2ccc(NS(=O)(=O)O)cc2)NC(=O)CCC(=O)c2ccccc2)n1.CCc1csc([C@H](Cc2ccc([N+](=O)[O-])cc2)NC(=O)CCC(=O)c2ccccc2)n1.CCc1csc([C@H](Cc2ccc([N+](=O)[O-])cc2)NC(=O)CCC(=O)c2ccccc2)n1. The van der Waals surface area contributed by atoms with E-state index in [9.17, 15) is 67.5 Å². The molecule has 0 aliphatic heterocycles. The largest absolute Gasteiger partial charge is 0.357 e. The molecule has 0 bridgehead atoms. The first-order valence-corrected chi connectivity index (χ1v) is 41.4. The molecule has 7 N–H and O–H groups in total. The maximum Gasteiger partial charge on any atom is 0.357 e. The van der Waals surface area contributed by atoms with Crippen molar-refractivity contribution in [2.24, 2.45) is 5.73 Å². The van der Waals surface area contributed by atoms with Crippen LogP contribution in [0.1, 0.15) is 187 Å². The Morgan fingerprint density at radius 2 is 0.643 bits per heavy atom. The van der Waals surface area contributed by atoms with E-state index in [-0.39, 0.29) is 131 Å². The molecule has 7 aromatic carbocycles. The second-order valence-corrected chi connectivity index (χ2v) is 30.5. The van der Waals surface area contributed by atoms with Gasteiger partial charge in [-0.25, -0.2) is 19.9 Å². The Balaban J connectivity index is 0.000000215. The van der Waals surface area contributed by atoms with E-state index in [2.05, 4.69) is 42.8 Å². The lowest BCUT2D eigenvalue weighted by atomic mass is 10.0. The molecule has 0 aliphatic rings. The highest BCUT2D eigenvalue weighted by Crippen LogP contribution is 2.29. The number of thiazole rings is 4. The van der Waals surface area contributed by atoms with Gasteiger partial charge in [0, 0.05) is 113 Å². The quantitative estimate of drug-likeness (QED) is 0.00919. The number of hydrogen-bond donors (Lipinski definition) is 6. The van der Waals surface area contributed by atoms with Crippen molar-refractivity contribution >= 4 is 130 Å². The van der Waals surface area contributed by atoms with E-state index in [1.807, 2.05) is 65.2 Å². The summed E-state index contributed by atoms with van der Waals surface area (Å²) in [5, 5.41) is 52.4. The zero-order chi connectivity index (χ0) is 82.1. The molecular formula is C82H87BrN12O15S5. The van der Waals surface area contributed by atoms with Gasteiger partial charge in [0.05, 0.1) is 67.4 Å². The number of nitro groups is 3. The number of amides is 3. The Hall–Kier alpha value is -11.2. The number of aromatic nitrogens is 4. The molecule has 0 saturated carbocycles. The monoisotopic (exact) mass is 1720 g/mol. The molecule has 0 spiro atoms. The van der Waals surface area contributed by atoms with Gasteiger partial charge in [-0.05, 0) is 85.8 Å².